The molecule has 0 saturated carbocycles. The van der Waals surface area contributed by atoms with E-state index >= 15 is 0 Å². The van der Waals surface area contributed by atoms with Crippen molar-refractivity contribution in [3.05, 3.63) is 34.9 Å². The van der Waals surface area contributed by atoms with E-state index in [1.165, 1.54) is 11.8 Å². The Hall–Kier alpha value is -1.05. The number of hydrogen-bond acceptors (Lipinski definition) is 4. The van der Waals surface area contributed by atoms with Crippen molar-refractivity contribution < 1.29 is 13.2 Å². The van der Waals surface area contributed by atoms with Crippen molar-refractivity contribution in [2.75, 3.05) is 11.5 Å². The Morgan fingerprint density at radius 3 is 2.52 bits per heavy atom. The van der Waals surface area contributed by atoms with Gasteiger partial charge in [0.15, 0.2) is 15.0 Å². The number of aliphatic imine (C=N–C) groups is 1. The van der Waals surface area contributed by atoms with Gasteiger partial charge in [0, 0.05) is 22.2 Å². The van der Waals surface area contributed by atoms with Crippen LogP contribution < -0.4 is 0 Å². The number of thioether (sulfide) groups is 1. The minimum absolute atomic E-state index is 0.0659. The van der Waals surface area contributed by atoms with Gasteiger partial charge < -0.3 is 4.90 Å². The number of fused-ring (bicyclic) bond motifs is 1. The summed E-state index contributed by atoms with van der Waals surface area (Å²) < 4.78 is 24.0. The number of nitrogens with zero attached hydrogens (tertiary/aromatic N) is 2. The molecule has 5 nitrogen and oxygen atoms in total. The molecule has 2 saturated heterocycles. The first-order chi connectivity index (χ1) is 11.5. The summed E-state index contributed by atoms with van der Waals surface area (Å²) >= 11 is 7.35. The number of halogens is 1. The Balaban J connectivity index is 1.91. The SMILES string of the molecule is CC(C)(C)C(=O)N=C1S[C@H]2CS(=O)(=O)C[C@@H]2N1Cc1ccc(Cl)cc1. The van der Waals surface area contributed by atoms with E-state index in [0.717, 1.165) is 5.56 Å². The molecule has 1 aromatic carbocycles. The minimum Gasteiger partial charge on any atom is -0.342 e. The smallest absolute Gasteiger partial charge is 0.253 e. The number of amides is 1. The molecule has 2 heterocycles. The van der Waals surface area contributed by atoms with E-state index in [1.54, 1.807) is 12.1 Å². The maximum atomic E-state index is 12.3. The zero-order valence-electron chi connectivity index (χ0n) is 14.4. The van der Waals surface area contributed by atoms with E-state index in [9.17, 15) is 13.2 Å². The Morgan fingerprint density at radius 1 is 1.28 bits per heavy atom. The fraction of sp³-hybridized carbons (Fsp3) is 0.529. The van der Waals surface area contributed by atoms with Gasteiger partial charge in [-0.05, 0) is 17.7 Å². The van der Waals surface area contributed by atoms with Crippen molar-refractivity contribution in [2.45, 2.75) is 38.6 Å². The molecule has 0 spiro atoms. The lowest BCUT2D eigenvalue weighted by Crippen LogP contribution is -2.37. The molecule has 3 rings (SSSR count). The second-order valence-corrected chi connectivity index (χ2v) is 11.3. The number of carbonyl (C=O) groups is 1. The van der Waals surface area contributed by atoms with Crippen LogP contribution in [0.5, 0.6) is 0 Å². The van der Waals surface area contributed by atoms with Crippen molar-refractivity contribution in [3.63, 3.8) is 0 Å². The maximum absolute atomic E-state index is 12.3. The Bertz CT molecular complexity index is 813. The summed E-state index contributed by atoms with van der Waals surface area (Å²) in [6, 6.07) is 7.29. The van der Waals surface area contributed by atoms with Gasteiger partial charge in [0.2, 0.25) is 0 Å². The zero-order valence-corrected chi connectivity index (χ0v) is 16.8. The molecule has 0 radical (unpaired) electrons. The van der Waals surface area contributed by atoms with Gasteiger partial charge in [-0.2, -0.15) is 4.99 Å². The minimum atomic E-state index is -3.04. The fourth-order valence-electron chi connectivity index (χ4n) is 2.86. The number of benzene rings is 1. The van der Waals surface area contributed by atoms with Crippen LogP contribution in [0.4, 0.5) is 0 Å². The zero-order chi connectivity index (χ0) is 18.4. The first-order valence-corrected chi connectivity index (χ1v) is 11.1. The van der Waals surface area contributed by atoms with Crippen molar-refractivity contribution in [1.82, 2.24) is 4.90 Å². The molecule has 2 aliphatic rings. The average molecular weight is 401 g/mol. The van der Waals surface area contributed by atoms with Crippen molar-refractivity contribution in [2.24, 2.45) is 10.4 Å². The summed E-state index contributed by atoms with van der Waals surface area (Å²) in [6.45, 7) is 5.99. The predicted octanol–water partition coefficient (Wildman–Crippen LogP) is 2.98. The maximum Gasteiger partial charge on any atom is 0.253 e. The molecule has 25 heavy (non-hydrogen) atoms. The summed E-state index contributed by atoms with van der Waals surface area (Å²) in [5, 5.41) is 1.21. The number of amidine groups is 1. The lowest BCUT2D eigenvalue weighted by atomic mass is 9.96. The number of hydrogen-bond donors (Lipinski definition) is 0. The molecule has 0 bridgehead atoms. The van der Waals surface area contributed by atoms with Crippen molar-refractivity contribution >= 4 is 44.3 Å². The van der Waals surface area contributed by atoms with Gasteiger partial charge in [0.25, 0.3) is 5.91 Å². The van der Waals surface area contributed by atoms with Gasteiger partial charge in [-0.25, -0.2) is 8.42 Å². The van der Waals surface area contributed by atoms with E-state index in [2.05, 4.69) is 4.99 Å². The lowest BCUT2D eigenvalue weighted by molar-refractivity contribution is -0.124. The highest BCUT2D eigenvalue weighted by Crippen LogP contribution is 2.39. The van der Waals surface area contributed by atoms with Gasteiger partial charge in [0.05, 0.1) is 17.5 Å². The molecular formula is C17H21ClN2O3S2. The molecule has 0 N–H and O–H groups in total. The van der Waals surface area contributed by atoms with Gasteiger partial charge in [0.1, 0.15) is 0 Å². The second-order valence-electron chi connectivity index (χ2n) is 7.50. The standard InChI is InChI=1S/C17H21ClN2O3S2/c1-17(2,3)15(21)19-16-20(8-11-4-6-12(18)7-5-11)13-9-25(22,23)10-14(13)24-16/h4-7,13-14H,8-10H2,1-3H3/t13-,14-/m0/s1. The van der Waals surface area contributed by atoms with Crippen LogP contribution in [-0.2, 0) is 21.2 Å². The Labute approximate surface area is 157 Å². The van der Waals surface area contributed by atoms with Crippen LogP contribution in [0, 0.1) is 5.41 Å². The van der Waals surface area contributed by atoms with Crippen LogP contribution in [0.3, 0.4) is 0 Å². The van der Waals surface area contributed by atoms with Gasteiger partial charge in [-0.3, -0.25) is 4.79 Å². The fourth-order valence-corrected chi connectivity index (χ4v) is 6.94. The van der Waals surface area contributed by atoms with E-state index in [0.29, 0.717) is 16.7 Å². The third kappa shape index (κ3) is 4.20. The van der Waals surface area contributed by atoms with Crippen LogP contribution in [-0.4, -0.2) is 47.2 Å². The summed E-state index contributed by atoms with van der Waals surface area (Å²) in [7, 11) is -3.04. The Morgan fingerprint density at radius 2 is 1.92 bits per heavy atom. The van der Waals surface area contributed by atoms with Crippen molar-refractivity contribution in [1.29, 1.82) is 0 Å². The van der Waals surface area contributed by atoms with E-state index in [4.69, 9.17) is 11.6 Å². The third-order valence-corrected chi connectivity index (χ3v) is 7.78. The second kappa shape index (κ2) is 6.59. The molecule has 1 aromatic rings. The van der Waals surface area contributed by atoms with Crippen LogP contribution in [0.1, 0.15) is 26.3 Å². The molecule has 2 fully saturated rings. The molecule has 0 unspecified atom stereocenters. The first-order valence-electron chi connectivity index (χ1n) is 8.06. The average Bonchev–Trinajstić information content (AvgIpc) is 2.93. The van der Waals surface area contributed by atoms with Gasteiger partial charge >= 0.3 is 0 Å². The largest absolute Gasteiger partial charge is 0.342 e. The summed E-state index contributed by atoms with van der Waals surface area (Å²) in [4.78, 5) is 18.6. The summed E-state index contributed by atoms with van der Waals surface area (Å²) in [5.41, 5.74) is 0.439. The predicted molar refractivity (Wildman–Crippen MR) is 103 cm³/mol. The highest BCUT2D eigenvalue weighted by Gasteiger charge is 2.48. The molecule has 2 atom stereocenters. The number of sulfone groups is 1. The molecular weight excluding hydrogens is 380 g/mol. The van der Waals surface area contributed by atoms with Gasteiger partial charge in [-0.15, -0.1) is 0 Å². The molecule has 1 amide bonds. The van der Waals surface area contributed by atoms with Crippen LogP contribution in [0.25, 0.3) is 0 Å². The molecule has 8 heteroatoms. The Kier molecular flexibility index (Phi) is 4.94. The quantitative estimate of drug-likeness (QED) is 0.763. The topological polar surface area (TPSA) is 66.8 Å². The lowest BCUT2D eigenvalue weighted by Gasteiger charge is -2.25. The highest BCUT2D eigenvalue weighted by molar-refractivity contribution is 8.15. The molecule has 136 valence electrons. The molecule has 0 aliphatic carbocycles. The molecule has 2 aliphatic heterocycles. The number of rotatable bonds is 2. The third-order valence-electron chi connectivity index (χ3n) is 4.28. The van der Waals surface area contributed by atoms with E-state index in [-0.39, 0.29) is 28.7 Å². The van der Waals surface area contributed by atoms with E-state index in [1.807, 2.05) is 37.8 Å². The number of carbonyl (C=O) groups excluding carboxylic acids is 1. The van der Waals surface area contributed by atoms with Crippen LogP contribution in [0.15, 0.2) is 29.3 Å². The van der Waals surface area contributed by atoms with E-state index < -0.39 is 15.3 Å². The monoisotopic (exact) mass is 400 g/mol. The summed E-state index contributed by atoms with van der Waals surface area (Å²) in [5.74, 6) is 0.0577. The van der Waals surface area contributed by atoms with Crippen molar-refractivity contribution in [3.8, 4) is 0 Å². The van der Waals surface area contributed by atoms with Gasteiger partial charge in [-0.1, -0.05) is 56.3 Å². The molecule has 0 aromatic heterocycles. The highest BCUT2D eigenvalue weighted by atomic mass is 35.5. The summed E-state index contributed by atoms with van der Waals surface area (Å²) in [6.07, 6.45) is 0. The first kappa shape index (κ1) is 18.7. The van der Waals surface area contributed by atoms with Crippen LogP contribution >= 0.6 is 23.4 Å². The van der Waals surface area contributed by atoms with Crippen LogP contribution in [0.2, 0.25) is 5.02 Å². The normalized spacial score (nSPS) is 26.9.